The van der Waals surface area contributed by atoms with Crippen molar-refractivity contribution in [2.24, 2.45) is 0 Å². The third-order valence-electron chi connectivity index (χ3n) is 2.35. The fourth-order valence-corrected chi connectivity index (χ4v) is 1.50. The van der Waals surface area contributed by atoms with E-state index in [1.54, 1.807) is 0 Å². The van der Waals surface area contributed by atoms with Gasteiger partial charge in [0.2, 0.25) is 0 Å². The fraction of sp³-hybridized carbons (Fsp3) is 0. The minimum absolute atomic E-state index is 0.0311. The SMILES string of the molecule is Nc1ccc(Oc2ccnc(N)c2NC(=O)O)c(F)c1. The normalized spacial score (nSPS) is 10.1. The molecule has 2 rings (SSSR count). The van der Waals surface area contributed by atoms with Crippen molar-refractivity contribution in [3.05, 3.63) is 36.3 Å². The number of nitrogens with two attached hydrogens (primary N) is 2. The van der Waals surface area contributed by atoms with Gasteiger partial charge < -0.3 is 21.3 Å². The van der Waals surface area contributed by atoms with Crippen LogP contribution in [0.1, 0.15) is 0 Å². The molecule has 0 unspecified atom stereocenters. The van der Waals surface area contributed by atoms with E-state index in [-0.39, 0.29) is 28.7 Å². The maximum Gasteiger partial charge on any atom is 0.409 e. The molecular formula is C12H11FN4O3. The number of aromatic nitrogens is 1. The van der Waals surface area contributed by atoms with E-state index >= 15 is 0 Å². The number of nitrogen functional groups attached to an aromatic ring is 2. The monoisotopic (exact) mass is 278 g/mol. The van der Waals surface area contributed by atoms with Crippen LogP contribution in [0.3, 0.4) is 0 Å². The molecule has 6 N–H and O–H groups in total. The molecule has 0 aliphatic rings. The maximum atomic E-state index is 13.6. The first-order chi connectivity index (χ1) is 9.47. The Morgan fingerprint density at radius 3 is 2.70 bits per heavy atom. The molecule has 0 aliphatic carbocycles. The van der Waals surface area contributed by atoms with E-state index < -0.39 is 11.9 Å². The number of benzene rings is 1. The predicted octanol–water partition coefficient (Wildman–Crippen LogP) is 2.27. The number of carbonyl (C=O) groups is 1. The van der Waals surface area contributed by atoms with Gasteiger partial charge in [0, 0.05) is 24.0 Å². The van der Waals surface area contributed by atoms with E-state index in [1.165, 1.54) is 24.4 Å². The van der Waals surface area contributed by atoms with Gasteiger partial charge >= 0.3 is 6.09 Å². The van der Waals surface area contributed by atoms with Gasteiger partial charge in [0.25, 0.3) is 0 Å². The summed E-state index contributed by atoms with van der Waals surface area (Å²) in [5, 5.41) is 10.8. The van der Waals surface area contributed by atoms with E-state index in [2.05, 4.69) is 4.98 Å². The quantitative estimate of drug-likeness (QED) is 0.638. The van der Waals surface area contributed by atoms with Gasteiger partial charge in [-0.3, -0.25) is 5.32 Å². The van der Waals surface area contributed by atoms with Gasteiger partial charge in [-0.25, -0.2) is 14.2 Å². The molecule has 0 fully saturated rings. The van der Waals surface area contributed by atoms with Crippen LogP contribution in [-0.4, -0.2) is 16.2 Å². The van der Waals surface area contributed by atoms with Crippen molar-refractivity contribution in [2.75, 3.05) is 16.8 Å². The third kappa shape index (κ3) is 2.86. The second kappa shape index (κ2) is 5.31. The number of nitrogens with zero attached hydrogens (tertiary/aromatic N) is 1. The summed E-state index contributed by atoms with van der Waals surface area (Å²) in [7, 11) is 0. The highest BCUT2D eigenvalue weighted by Gasteiger charge is 2.14. The van der Waals surface area contributed by atoms with Crippen LogP contribution < -0.4 is 21.5 Å². The van der Waals surface area contributed by atoms with Crippen molar-refractivity contribution < 1.29 is 19.0 Å². The minimum atomic E-state index is -1.34. The van der Waals surface area contributed by atoms with Gasteiger partial charge in [-0.1, -0.05) is 0 Å². The number of pyridine rings is 1. The summed E-state index contributed by atoms with van der Waals surface area (Å²) < 4.78 is 18.9. The summed E-state index contributed by atoms with van der Waals surface area (Å²) in [6, 6.07) is 5.22. The van der Waals surface area contributed by atoms with Crippen molar-refractivity contribution in [1.82, 2.24) is 4.98 Å². The Kier molecular flexibility index (Phi) is 3.56. The highest BCUT2D eigenvalue weighted by Crippen LogP contribution is 2.34. The Morgan fingerprint density at radius 2 is 2.05 bits per heavy atom. The Labute approximate surface area is 113 Å². The first-order valence-corrected chi connectivity index (χ1v) is 5.44. The zero-order chi connectivity index (χ0) is 14.7. The highest BCUT2D eigenvalue weighted by atomic mass is 19.1. The van der Waals surface area contributed by atoms with Crippen LogP contribution >= 0.6 is 0 Å². The van der Waals surface area contributed by atoms with E-state index in [1.807, 2.05) is 5.32 Å². The van der Waals surface area contributed by atoms with Crippen LogP contribution in [0.5, 0.6) is 11.5 Å². The lowest BCUT2D eigenvalue weighted by atomic mass is 10.3. The molecule has 1 amide bonds. The van der Waals surface area contributed by atoms with E-state index in [0.717, 1.165) is 6.07 Å². The average molecular weight is 278 g/mol. The summed E-state index contributed by atoms with van der Waals surface area (Å²) in [6.45, 7) is 0. The second-order valence-corrected chi connectivity index (χ2v) is 3.79. The maximum absolute atomic E-state index is 13.6. The third-order valence-corrected chi connectivity index (χ3v) is 2.35. The smallest absolute Gasteiger partial charge is 0.409 e. The van der Waals surface area contributed by atoms with Gasteiger partial charge in [-0.15, -0.1) is 0 Å². The summed E-state index contributed by atoms with van der Waals surface area (Å²) in [5.41, 5.74) is 11.2. The molecule has 0 atom stereocenters. The predicted molar refractivity (Wildman–Crippen MR) is 71.2 cm³/mol. The molecule has 0 saturated carbocycles. The van der Waals surface area contributed by atoms with Crippen molar-refractivity contribution in [3.8, 4) is 11.5 Å². The zero-order valence-corrected chi connectivity index (χ0v) is 10.1. The molecule has 8 heteroatoms. The minimum Gasteiger partial charge on any atom is -0.465 e. The summed E-state index contributed by atoms with van der Waals surface area (Å²) in [4.78, 5) is 14.4. The standard InChI is InChI=1S/C12H11FN4O3/c13-7-5-6(14)1-2-8(7)20-9-3-4-16-11(15)10(9)17-12(18)19/h1-5,17H,14H2,(H2,15,16)(H,18,19). The van der Waals surface area contributed by atoms with Gasteiger partial charge in [0.05, 0.1) is 0 Å². The zero-order valence-electron chi connectivity index (χ0n) is 10.1. The summed E-state index contributed by atoms with van der Waals surface area (Å²) in [5.74, 6) is -0.843. The van der Waals surface area contributed by atoms with Gasteiger partial charge in [0.15, 0.2) is 23.1 Å². The van der Waals surface area contributed by atoms with Crippen LogP contribution in [0.2, 0.25) is 0 Å². The number of carboxylic acid groups (broad SMARTS) is 1. The first-order valence-electron chi connectivity index (χ1n) is 5.44. The number of amides is 1. The van der Waals surface area contributed by atoms with Gasteiger partial charge in [0.1, 0.15) is 5.69 Å². The molecule has 1 heterocycles. The molecular weight excluding hydrogens is 267 g/mol. The molecule has 20 heavy (non-hydrogen) atoms. The lowest BCUT2D eigenvalue weighted by Crippen LogP contribution is -2.11. The average Bonchev–Trinajstić information content (AvgIpc) is 2.36. The summed E-state index contributed by atoms with van der Waals surface area (Å²) >= 11 is 0. The van der Waals surface area contributed by atoms with E-state index in [0.29, 0.717) is 0 Å². The molecule has 104 valence electrons. The number of halogens is 1. The Bertz CT molecular complexity index is 663. The molecule has 7 nitrogen and oxygen atoms in total. The number of hydrogen-bond donors (Lipinski definition) is 4. The number of nitrogens with one attached hydrogen (secondary N) is 1. The van der Waals surface area contributed by atoms with E-state index in [9.17, 15) is 9.18 Å². The molecule has 0 spiro atoms. The molecule has 0 saturated heterocycles. The Balaban J connectivity index is 2.38. The molecule has 0 aliphatic heterocycles. The van der Waals surface area contributed by atoms with Crippen LogP contribution in [0.4, 0.5) is 26.4 Å². The molecule has 1 aromatic carbocycles. The Hall–Kier alpha value is -3.03. The number of anilines is 3. The number of ether oxygens (including phenoxy) is 1. The van der Waals surface area contributed by atoms with Crippen LogP contribution in [-0.2, 0) is 0 Å². The van der Waals surface area contributed by atoms with Crippen molar-refractivity contribution in [2.45, 2.75) is 0 Å². The van der Waals surface area contributed by atoms with Crippen molar-refractivity contribution in [3.63, 3.8) is 0 Å². The van der Waals surface area contributed by atoms with Crippen LogP contribution in [0.15, 0.2) is 30.5 Å². The highest BCUT2D eigenvalue weighted by molar-refractivity contribution is 5.89. The number of hydrogen-bond acceptors (Lipinski definition) is 5. The second-order valence-electron chi connectivity index (χ2n) is 3.79. The van der Waals surface area contributed by atoms with E-state index in [4.69, 9.17) is 21.3 Å². The summed E-state index contributed by atoms with van der Waals surface area (Å²) in [6.07, 6.45) is -0.0280. The van der Waals surface area contributed by atoms with Crippen molar-refractivity contribution >= 4 is 23.3 Å². The fourth-order valence-electron chi connectivity index (χ4n) is 1.50. The van der Waals surface area contributed by atoms with Crippen molar-refractivity contribution in [1.29, 1.82) is 0 Å². The lowest BCUT2D eigenvalue weighted by Gasteiger charge is -2.12. The largest absolute Gasteiger partial charge is 0.465 e. The number of rotatable bonds is 3. The van der Waals surface area contributed by atoms with Gasteiger partial charge in [-0.05, 0) is 12.1 Å². The van der Waals surface area contributed by atoms with Gasteiger partial charge in [-0.2, -0.15) is 0 Å². The molecule has 0 radical (unpaired) electrons. The first kappa shape index (κ1) is 13.4. The topological polar surface area (TPSA) is 123 Å². The Morgan fingerprint density at radius 1 is 1.30 bits per heavy atom. The van der Waals surface area contributed by atoms with Crippen LogP contribution in [0.25, 0.3) is 0 Å². The lowest BCUT2D eigenvalue weighted by molar-refractivity contribution is 0.209. The van der Waals surface area contributed by atoms with Crippen LogP contribution in [0, 0.1) is 5.82 Å². The molecule has 1 aromatic heterocycles. The molecule has 2 aromatic rings. The molecule has 0 bridgehead atoms.